The van der Waals surface area contributed by atoms with Gasteiger partial charge in [-0.3, -0.25) is 0 Å². The number of methoxy groups -OCH3 is 1. The molecule has 0 amide bonds. The molecule has 1 aromatic rings. The standard InChI is InChI=1S/C8H8BrNO2/c1-12-8-4-2-3-7(9)6(8)5-10-11/h2-5,11H,1H3/b10-5+. The molecule has 0 saturated carbocycles. The first-order valence-corrected chi connectivity index (χ1v) is 4.09. The fraction of sp³-hybridized carbons (Fsp3) is 0.125. The Morgan fingerprint density at radius 3 is 2.92 bits per heavy atom. The van der Waals surface area contributed by atoms with E-state index in [1.165, 1.54) is 6.21 Å². The molecule has 1 rings (SSSR count). The Kier molecular flexibility index (Phi) is 3.10. The summed E-state index contributed by atoms with van der Waals surface area (Å²) in [4.78, 5) is 0. The van der Waals surface area contributed by atoms with Gasteiger partial charge in [0.1, 0.15) is 5.75 Å². The molecule has 0 aliphatic rings. The van der Waals surface area contributed by atoms with E-state index in [4.69, 9.17) is 9.94 Å². The molecule has 0 bridgehead atoms. The number of rotatable bonds is 2. The van der Waals surface area contributed by atoms with Gasteiger partial charge in [0, 0.05) is 4.47 Å². The molecule has 0 aliphatic carbocycles. The third-order valence-electron chi connectivity index (χ3n) is 1.42. The van der Waals surface area contributed by atoms with Crippen LogP contribution in [0.3, 0.4) is 0 Å². The summed E-state index contributed by atoms with van der Waals surface area (Å²) in [6, 6.07) is 5.49. The van der Waals surface area contributed by atoms with Gasteiger partial charge in [-0.25, -0.2) is 0 Å². The van der Waals surface area contributed by atoms with Crippen LogP contribution in [0.4, 0.5) is 0 Å². The highest BCUT2D eigenvalue weighted by molar-refractivity contribution is 9.10. The van der Waals surface area contributed by atoms with Crippen LogP contribution in [0.25, 0.3) is 0 Å². The van der Waals surface area contributed by atoms with Crippen molar-refractivity contribution in [2.24, 2.45) is 5.16 Å². The molecule has 1 N–H and O–H groups in total. The maximum Gasteiger partial charge on any atom is 0.128 e. The van der Waals surface area contributed by atoms with Gasteiger partial charge in [0.2, 0.25) is 0 Å². The molecule has 0 radical (unpaired) electrons. The Morgan fingerprint density at radius 1 is 1.58 bits per heavy atom. The Labute approximate surface area is 78.8 Å². The van der Waals surface area contributed by atoms with Crippen molar-refractivity contribution in [3.05, 3.63) is 28.2 Å². The van der Waals surface area contributed by atoms with E-state index in [0.717, 1.165) is 10.0 Å². The molecule has 0 heterocycles. The second kappa shape index (κ2) is 4.11. The van der Waals surface area contributed by atoms with E-state index in [1.54, 1.807) is 13.2 Å². The van der Waals surface area contributed by atoms with Crippen molar-refractivity contribution in [3.63, 3.8) is 0 Å². The minimum Gasteiger partial charge on any atom is -0.496 e. The predicted octanol–water partition coefficient (Wildman–Crippen LogP) is 2.27. The second-order valence-electron chi connectivity index (χ2n) is 2.10. The number of nitrogens with zero attached hydrogens (tertiary/aromatic N) is 1. The van der Waals surface area contributed by atoms with Gasteiger partial charge in [0.05, 0.1) is 18.9 Å². The minimum atomic E-state index is 0.669. The van der Waals surface area contributed by atoms with E-state index in [9.17, 15) is 0 Å². The molecular formula is C8H8BrNO2. The van der Waals surface area contributed by atoms with Crippen LogP contribution >= 0.6 is 15.9 Å². The number of hydrogen-bond donors (Lipinski definition) is 1. The quantitative estimate of drug-likeness (QED) is 0.481. The smallest absolute Gasteiger partial charge is 0.128 e. The van der Waals surface area contributed by atoms with E-state index in [1.807, 2.05) is 12.1 Å². The van der Waals surface area contributed by atoms with Gasteiger partial charge in [-0.1, -0.05) is 11.2 Å². The maximum atomic E-state index is 8.36. The van der Waals surface area contributed by atoms with Gasteiger partial charge < -0.3 is 9.94 Å². The Hall–Kier alpha value is -1.03. The number of oxime groups is 1. The van der Waals surface area contributed by atoms with E-state index >= 15 is 0 Å². The van der Waals surface area contributed by atoms with Crippen molar-refractivity contribution in [2.75, 3.05) is 7.11 Å². The third-order valence-corrected chi connectivity index (χ3v) is 2.11. The highest BCUT2D eigenvalue weighted by Crippen LogP contribution is 2.24. The fourth-order valence-electron chi connectivity index (χ4n) is 0.878. The van der Waals surface area contributed by atoms with Crippen molar-refractivity contribution in [1.29, 1.82) is 0 Å². The monoisotopic (exact) mass is 229 g/mol. The molecule has 1 aromatic carbocycles. The molecule has 0 fully saturated rings. The first-order valence-electron chi connectivity index (χ1n) is 3.29. The van der Waals surface area contributed by atoms with Gasteiger partial charge in [-0.2, -0.15) is 0 Å². The molecule has 12 heavy (non-hydrogen) atoms. The SMILES string of the molecule is COc1cccc(Br)c1/C=N/O. The number of hydrogen-bond acceptors (Lipinski definition) is 3. The van der Waals surface area contributed by atoms with E-state index in [2.05, 4.69) is 21.1 Å². The number of benzene rings is 1. The van der Waals surface area contributed by atoms with Crippen LogP contribution in [-0.2, 0) is 0 Å². The van der Waals surface area contributed by atoms with Crippen LogP contribution in [0.2, 0.25) is 0 Å². The van der Waals surface area contributed by atoms with E-state index in [-0.39, 0.29) is 0 Å². The molecular weight excluding hydrogens is 222 g/mol. The topological polar surface area (TPSA) is 41.8 Å². The largest absolute Gasteiger partial charge is 0.496 e. The van der Waals surface area contributed by atoms with Gasteiger partial charge >= 0.3 is 0 Å². The van der Waals surface area contributed by atoms with Crippen molar-refractivity contribution in [3.8, 4) is 5.75 Å². The van der Waals surface area contributed by atoms with Gasteiger partial charge in [-0.05, 0) is 28.1 Å². The Balaban J connectivity index is 3.19. The molecule has 0 aromatic heterocycles. The number of ether oxygens (including phenoxy) is 1. The van der Waals surface area contributed by atoms with Crippen LogP contribution in [0, 0.1) is 0 Å². The van der Waals surface area contributed by atoms with Crippen molar-refractivity contribution in [2.45, 2.75) is 0 Å². The van der Waals surface area contributed by atoms with Crippen molar-refractivity contribution in [1.82, 2.24) is 0 Å². The van der Waals surface area contributed by atoms with Crippen LogP contribution < -0.4 is 4.74 Å². The average Bonchev–Trinajstić information content (AvgIpc) is 2.09. The summed E-state index contributed by atoms with van der Waals surface area (Å²) < 4.78 is 5.88. The summed E-state index contributed by atoms with van der Waals surface area (Å²) in [6.45, 7) is 0. The van der Waals surface area contributed by atoms with Crippen molar-refractivity contribution < 1.29 is 9.94 Å². The molecule has 0 aliphatic heterocycles. The molecule has 4 heteroatoms. The zero-order valence-electron chi connectivity index (χ0n) is 6.49. The van der Waals surface area contributed by atoms with Crippen LogP contribution in [0.1, 0.15) is 5.56 Å². The van der Waals surface area contributed by atoms with E-state index < -0.39 is 0 Å². The lowest BCUT2D eigenvalue weighted by Gasteiger charge is -2.04. The Morgan fingerprint density at radius 2 is 2.33 bits per heavy atom. The fourth-order valence-corrected chi connectivity index (χ4v) is 1.33. The lowest BCUT2D eigenvalue weighted by atomic mass is 10.2. The molecule has 0 saturated heterocycles. The Bertz CT molecular complexity index is 299. The summed E-state index contributed by atoms with van der Waals surface area (Å²) in [5.41, 5.74) is 0.725. The lowest BCUT2D eigenvalue weighted by Crippen LogP contribution is -1.91. The second-order valence-corrected chi connectivity index (χ2v) is 2.95. The van der Waals surface area contributed by atoms with Gasteiger partial charge in [0.25, 0.3) is 0 Å². The van der Waals surface area contributed by atoms with Crippen LogP contribution in [0.15, 0.2) is 27.8 Å². The van der Waals surface area contributed by atoms with E-state index in [0.29, 0.717) is 5.75 Å². The first-order chi connectivity index (χ1) is 5.79. The normalized spacial score (nSPS) is 10.5. The molecule has 0 spiro atoms. The zero-order valence-corrected chi connectivity index (χ0v) is 8.08. The molecule has 3 nitrogen and oxygen atoms in total. The average molecular weight is 230 g/mol. The molecule has 0 atom stereocenters. The zero-order chi connectivity index (χ0) is 8.97. The lowest BCUT2D eigenvalue weighted by molar-refractivity contribution is 0.321. The summed E-state index contributed by atoms with van der Waals surface area (Å²) >= 11 is 3.31. The van der Waals surface area contributed by atoms with Gasteiger partial charge in [0.15, 0.2) is 0 Å². The minimum absolute atomic E-state index is 0.669. The van der Waals surface area contributed by atoms with Crippen molar-refractivity contribution >= 4 is 22.1 Å². The summed E-state index contributed by atoms with van der Waals surface area (Å²) in [7, 11) is 1.57. The maximum absolute atomic E-state index is 8.36. The number of halogens is 1. The van der Waals surface area contributed by atoms with Gasteiger partial charge in [-0.15, -0.1) is 0 Å². The highest BCUT2D eigenvalue weighted by atomic mass is 79.9. The molecule has 64 valence electrons. The van der Waals surface area contributed by atoms with Crippen LogP contribution in [0.5, 0.6) is 5.75 Å². The highest BCUT2D eigenvalue weighted by Gasteiger charge is 2.03. The summed E-state index contributed by atoms with van der Waals surface area (Å²) in [5, 5.41) is 11.3. The summed E-state index contributed by atoms with van der Waals surface area (Å²) in [6.07, 6.45) is 1.32. The summed E-state index contributed by atoms with van der Waals surface area (Å²) in [5.74, 6) is 0.669. The predicted molar refractivity (Wildman–Crippen MR) is 50.1 cm³/mol. The van der Waals surface area contributed by atoms with Crippen LogP contribution in [-0.4, -0.2) is 18.5 Å². The molecule has 0 unspecified atom stereocenters. The first kappa shape index (κ1) is 9.06. The third kappa shape index (κ3) is 1.76.